The molecule has 14 heavy (non-hydrogen) atoms. The largest absolute Gasteiger partial charge is 0.381 e. The normalized spacial score (nSPS) is 24.7. The van der Waals surface area contributed by atoms with E-state index in [1.165, 1.54) is 11.3 Å². The molecule has 0 aromatic carbocycles. The Morgan fingerprint density at radius 1 is 1.71 bits per heavy atom. The van der Waals surface area contributed by atoms with E-state index in [4.69, 9.17) is 16.3 Å². The van der Waals surface area contributed by atoms with Gasteiger partial charge in [0.25, 0.3) is 0 Å². The number of amides is 1. The Kier molecular flexibility index (Phi) is 2.76. The minimum atomic E-state index is -0.00373. The Hall–Kier alpha value is -0.580. The molecule has 1 aliphatic carbocycles. The van der Waals surface area contributed by atoms with Gasteiger partial charge in [0.1, 0.15) is 0 Å². The predicted molar refractivity (Wildman–Crippen MR) is 56.9 cm³/mol. The predicted octanol–water partition coefficient (Wildman–Crippen LogP) is 2.37. The van der Waals surface area contributed by atoms with Crippen LogP contribution in [0.1, 0.15) is 6.42 Å². The van der Waals surface area contributed by atoms with Gasteiger partial charge in [-0.3, -0.25) is 4.79 Å². The molecule has 1 aromatic rings. The minimum Gasteiger partial charge on any atom is -0.381 e. The van der Waals surface area contributed by atoms with Crippen LogP contribution in [0.3, 0.4) is 0 Å². The summed E-state index contributed by atoms with van der Waals surface area (Å²) in [4.78, 5) is 11.5. The highest BCUT2D eigenvalue weighted by molar-refractivity contribution is 7.09. The first-order valence-electron chi connectivity index (χ1n) is 4.27. The molecule has 0 spiro atoms. The van der Waals surface area contributed by atoms with E-state index in [1.54, 1.807) is 12.5 Å². The number of nitrogens with one attached hydrogen (secondary N) is 1. The molecule has 0 radical (unpaired) electrons. The van der Waals surface area contributed by atoms with Crippen molar-refractivity contribution in [3.05, 3.63) is 15.8 Å². The molecule has 0 bridgehead atoms. The molecule has 1 aliphatic rings. The smallest absolute Gasteiger partial charge is 0.230 e. The van der Waals surface area contributed by atoms with Crippen molar-refractivity contribution in [3.8, 4) is 0 Å². The number of carbonyl (C=O) groups is 1. The summed E-state index contributed by atoms with van der Waals surface area (Å²) in [6.07, 6.45) is 0.900. The van der Waals surface area contributed by atoms with Crippen molar-refractivity contribution in [2.45, 2.75) is 12.5 Å². The Morgan fingerprint density at radius 3 is 3.00 bits per heavy atom. The van der Waals surface area contributed by atoms with Crippen LogP contribution >= 0.6 is 22.9 Å². The van der Waals surface area contributed by atoms with E-state index in [9.17, 15) is 4.79 Å². The van der Waals surface area contributed by atoms with Crippen molar-refractivity contribution in [2.24, 2.45) is 5.92 Å². The van der Waals surface area contributed by atoms with Gasteiger partial charge >= 0.3 is 0 Å². The van der Waals surface area contributed by atoms with Crippen LogP contribution in [0, 0.1) is 5.92 Å². The zero-order valence-electron chi connectivity index (χ0n) is 7.62. The molecular weight excluding hydrogens is 222 g/mol. The van der Waals surface area contributed by atoms with E-state index in [0.717, 1.165) is 6.42 Å². The number of rotatable bonds is 3. The lowest BCUT2D eigenvalue weighted by molar-refractivity contribution is -0.118. The molecule has 0 saturated heterocycles. The number of thiophene rings is 1. The molecule has 5 heteroatoms. The van der Waals surface area contributed by atoms with Gasteiger partial charge in [0.05, 0.1) is 22.7 Å². The second-order valence-electron chi connectivity index (χ2n) is 3.24. The highest BCUT2D eigenvalue weighted by Crippen LogP contribution is 2.35. The van der Waals surface area contributed by atoms with Crippen LogP contribution in [0.5, 0.6) is 0 Å². The maximum Gasteiger partial charge on any atom is 0.230 e. The Bertz CT molecular complexity index is 352. The molecule has 1 fully saturated rings. The number of hydrogen-bond acceptors (Lipinski definition) is 3. The Morgan fingerprint density at radius 2 is 2.50 bits per heavy atom. The molecule has 1 aromatic heterocycles. The Balaban J connectivity index is 1.93. The molecule has 1 N–H and O–H groups in total. The third-order valence-electron chi connectivity index (χ3n) is 2.24. The zero-order chi connectivity index (χ0) is 10.1. The van der Waals surface area contributed by atoms with Gasteiger partial charge in [-0.25, -0.2) is 0 Å². The summed E-state index contributed by atoms with van der Waals surface area (Å²) in [5.74, 6) is -0.00637. The molecule has 1 saturated carbocycles. The standard InChI is InChI=1S/C9H10ClNO2S/c1-13-8-2-5(8)9(12)11-7-4-14-3-6(7)10/h3-5,8H,2H2,1H3,(H,11,12)/t5-,8-/m1/s1. The number of hydrogen-bond donors (Lipinski definition) is 1. The molecule has 3 nitrogen and oxygen atoms in total. The van der Waals surface area contributed by atoms with E-state index in [1.807, 2.05) is 5.38 Å². The van der Waals surface area contributed by atoms with Crippen LogP contribution in [0.25, 0.3) is 0 Å². The number of methoxy groups -OCH3 is 1. The quantitative estimate of drug-likeness (QED) is 0.868. The molecule has 1 amide bonds. The van der Waals surface area contributed by atoms with Gasteiger partial charge in [-0.15, -0.1) is 11.3 Å². The number of ether oxygens (including phenoxy) is 1. The molecule has 2 rings (SSSR count). The molecule has 0 unspecified atom stereocenters. The van der Waals surface area contributed by atoms with Gasteiger partial charge in [-0.2, -0.15) is 0 Å². The topological polar surface area (TPSA) is 38.3 Å². The summed E-state index contributed by atoms with van der Waals surface area (Å²) < 4.78 is 5.05. The first kappa shape index (κ1) is 9.96. The zero-order valence-corrected chi connectivity index (χ0v) is 9.19. The summed E-state index contributed by atoms with van der Waals surface area (Å²) in [7, 11) is 1.62. The lowest BCUT2D eigenvalue weighted by Crippen LogP contribution is -2.15. The third kappa shape index (κ3) is 1.92. The summed E-state index contributed by atoms with van der Waals surface area (Å²) in [6, 6.07) is 0. The van der Waals surface area contributed by atoms with Gasteiger partial charge in [0.15, 0.2) is 0 Å². The average molecular weight is 232 g/mol. The van der Waals surface area contributed by atoms with E-state index >= 15 is 0 Å². The highest BCUT2D eigenvalue weighted by atomic mass is 35.5. The van der Waals surface area contributed by atoms with Crippen LogP contribution in [-0.4, -0.2) is 19.1 Å². The monoisotopic (exact) mass is 231 g/mol. The second-order valence-corrected chi connectivity index (χ2v) is 4.39. The van der Waals surface area contributed by atoms with Crippen LogP contribution < -0.4 is 5.32 Å². The summed E-state index contributed by atoms with van der Waals surface area (Å²) in [5.41, 5.74) is 0.698. The van der Waals surface area contributed by atoms with E-state index in [0.29, 0.717) is 10.7 Å². The van der Waals surface area contributed by atoms with Crippen LogP contribution in [0.15, 0.2) is 10.8 Å². The van der Waals surface area contributed by atoms with Gasteiger partial charge in [-0.05, 0) is 6.42 Å². The van der Waals surface area contributed by atoms with Crippen molar-refractivity contribution in [1.82, 2.24) is 0 Å². The molecular formula is C9H10ClNO2S. The maximum atomic E-state index is 11.5. The number of carbonyl (C=O) groups excluding carboxylic acids is 1. The van der Waals surface area contributed by atoms with Crippen molar-refractivity contribution in [1.29, 1.82) is 0 Å². The van der Waals surface area contributed by atoms with Crippen LogP contribution in [-0.2, 0) is 9.53 Å². The van der Waals surface area contributed by atoms with E-state index < -0.39 is 0 Å². The van der Waals surface area contributed by atoms with Crippen LogP contribution in [0.4, 0.5) is 5.69 Å². The van der Waals surface area contributed by atoms with Crippen molar-refractivity contribution in [3.63, 3.8) is 0 Å². The SMILES string of the molecule is CO[C@@H]1C[C@H]1C(=O)Nc1cscc1Cl. The maximum absolute atomic E-state index is 11.5. The average Bonchev–Trinajstić information content (AvgIpc) is 2.87. The lowest BCUT2D eigenvalue weighted by atomic mass is 10.3. The Labute approximate surface area is 91.0 Å². The lowest BCUT2D eigenvalue weighted by Gasteiger charge is -2.02. The first-order chi connectivity index (χ1) is 6.72. The van der Waals surface area contributed by atoms with Gasteiger partial charge in [-0.1, -0.05) is 11.6 Å². The summed E-state index contributed by atoms with van der Waals surface area (Å²) in [5, 5.41) is 6.98. The van der Waals surface area contributed by atoms with Crippen molar-refractivity contribution >= 4 is 34.5 Å². The van der Waals surface area contributed by atoms with E-state index in [-0.39, 0.29) is 17.9 Å². The van der Waals surface area contributed by atoms with Gasteiger partial charge in [0, 0.05) is 17.9 Å². The van der Waals surface area contributed by atoms with Gasteiger partial charge < -0.3 is 10.1 Å². The third-order valence-corrected chi connectivity index (χ3v) is 3.43. The highest BCUT2D eigenvalue weighted by Gasteiger charge is 2.43. The molecule has 76 valence electrons. The fraction of sp³-hybridized carbons (Fsp3) is 0.444. The molecule has 0 aliphatic heterocycles. The van der Waals surface area contributed by atoms with Crippen molar-refractivity contribution < 1.29 is 9.53 Å². The van der Waals surface area contributed by atoms with E-state index in [2.05, 4.69) is 5.32 Å². The van der Waals surface area contributed by atoms with Crippen molar-refractivity contribution in [2.75, 3.05) is 12.4 Å². The minimum absolute atomic E-state index is 0.00264. The molecule has 1 heterocycles. The molecule has 2 atom stereocenters. The van der Waals surface area contributed by atoms with Gasteiger partial charge in [0.2, 0.25) is 5.91 Å². The fourth-order valence-electron chi connectivity index (χ4n) is 1.30. The first-order valence-corrected chi connectivity index (χ1v) is 5.60. The second kappa shape index (κ2) is 3.88. The summed E-state index contributed by atoms with van der Waals surface area (Å²) in [6.45, 7) is 0. The summed E-state index contributed by atoms with van der Waals surface area (Å²) >= 11 is 7.31. The fourth-order valence-corrected chi connectivity index (χ4v) is 2.26. The number of anilines is 1. The number of halogens is 1. The van der Waals surface area contributed by atoms with Crippen LogP contribution in [0.2, 0.25) is 5.02 Å².